The van der Waals surface area contributed by atoms with Crippen LogP contribution in [-0.2, 0) is 35.7 Å². The van der Waals surface area contributed by atoms with E-state index in [0.29, 0.717) is 16.3 Å². The summed E-state index contributed by atoms with van der Waals surface area (Å²) < 4.78 is 48.8. The summed E-state index contributed by atoms with van der Waals surface area (Å²) in [6.07, 6.45) is 3.36. The largest absolute Gasteiger partial charge is 0.395 e. The maximum absolute atomic E-state index is 14.3. The Balaban J connectivity index is 0.000000266. The minimum atomic E-state index is -0.752. The monoisotopic (exact) mass is 1580 g/mol. The van der Waals surface area contributed by atoms with Gasteiger partial charge in [-0.15, -0.1) is 0 Å². The maximum atomic E-state index is 14.3. The Morgan fingerprint density at radius 2 is 0.978 bits per heavy atom. The zero-order chi connectivity index (χ0) is 65.9. The molecule has 89 heavy (non-hydrogen) atoms. The number of aliphatic hydroxyl groups excluding tert-OH is 4. The number of carbonyl (C=O) groups excluding carboxylic acids is 7. The van der Waals surface area contributed by atoms with Crippen molar-refractivity contribution >= 4 is 143 Å². The van der Waals surface area contributed by atoms with Crippen molar-refractivity contribution in [1.29, 1.82) is 0 Å². The number of carbonyl (C=O) groups is 7. The predicted octanol–water partition coefficient (Wildman–Crippen LogP) is 3.99. The molecule has 14 N–H and O–H groups in total. The highest BCUT2D eigenvalue weighted by molar-refractivity contribution is 14.1. The van der Waals surface area contributed by atoms with Crippen molar-refractivity contribution in [2.24, 2.45) is 21.1 Å². The molecule has 0 saturated heterocycles. The third-order valence-corrected chi connectivity index (χ3v) is 13.4. The fourth-order valence-electron chi connectivity index (χ4n) is 7.20. The molecule has 0 aliphatic heterocycles. The number of Topliss-reactive ketones (excluding diaryl/α,β-unsaturated/α-hetero) is 2. The van der Waals surface area contributed by atoms with Crippen molar-refractivity contribution in [2.45, 2.75) is 6.92 Å². The number of aromatic amines is 1. The number of nitrogens with one attached hydrogen (secondary N) is 10. The SMILES string of the molecule is CC(=O)c1nc(C(=O)NOCCO)c(Nc2ccc(I)cc2F)n1C.CNC(=O)c1cc[nH]c1.CNC(=O)c1nc(C(=O)NOCCO)c(Nc2ccc(I)cc2F)n1C.Cn1c(C(=O)CNCCO)cc(C(=O)NOCCO)c1Nc1ccc(I)cc1F. The first-order valence-electron chi connectivity index (χ1n) is 26.0. The summed E-state index contributed by atoms with van der Waals surface area (Å²) in [4.78, 5) is 109. The van der Waals surface area contributed by atoms with Gasteiger partial charge in [0, 0.05) is 71.8 Å². The summed E-state index contributed by atoms with van der Waals surface area (Å²) in [5.74, 6) is -4.54. The molecule has 480 valence electrons. The highest BCUT2D eigenvalue weighted by Crippen LogP contribution is 2.29. The minimum Gasteiger partial charge on any atom is -0.395 e. The van der Waals surface area contributed by atoms with Gasteiger partial charge in [-0.25, -0.2) is 39.6 Å². The van der Waals surface area contributed by atoms with Crippen molar-refractivity contribution in [3.63, 3.8) is 0 Å². The lowest BCUT2D eigenvalue weighted by Crippen LogP contribution is -2.27. The molecule has 0 aliphatic rings. The van der Waals surface area contributed by atoms with Crippen LogP contribution in [0.2, 0.25) is 0 Å². The number of benzene rings is 3. The van der Waals surface area contributed by atoms with E-state index in [-0.39, 0.29) is 146 Å². The second kappa shape index (κ2) is 37.4. The summed E-state index contributed by atoms with van der Waals surface area (Å²) in [7, 11) is 7.64. The molecule has 5 amide bonds. The molecular formula is C54H63F3I3N15O14. The van der Waals surface area contributed by atoms with Crippen LogP contribution in [0.15, 0.2) is 79.1 Å². The van der Waals surface area contributed by atoms with E-state index < -0.39 is 41.1 Å². The van der Waals surface area contributed by atoms with Crippen LogP contribution in [0.4, 0.5) is 47.7 Å². The first-order chi connectivity index (χ1) is 42.5. The van der Waals surface area contributed by atoms with Gasteiger partial charge in [0.15, 0.2) is 28.8 Å². The standard InChI is InChI=1S/C18H22FIN4O5.C15H17FIN5O4.C15H16FIN4O4.C6H8N2O/c1-24-15(16(27)10-21-4-5-25)9-12(18(28)23-29-7-6-26)17(24)22-14-3-2-11(20)8-13(14)19;1-18-15(25)13-20-11(14(24)21-26-6-5-23)12(22(13)2)19-10-4-3-8(17)7-9(10)16;1-8(23)13-19-12(15(24)20-25-6-5-22)14(21(13)2)18-11-4-3-9(17)7-10(11)16;1-7-6(9)5-2-3-8-4-5/h2-3,8-9,21-22,25-26H,4-7,10H2,1H3,(H,23,28);3-4,7,19,23H,5-6H2,1-2H3,(H,18,25)(H,21,24);3-4,7,18,22H,5-6H2,1-2H3,(H,20,24);2-4,8H,1H3,(H,7,9). The van der Waals surface area contributed by atoms with Crippen molar-refractivity contribution in [3.8, 4) is 0 Å². The van der Waals surface area contributed by atoms with Gasteiger partial charge in [0.2, 0.25) is 5.82 Å². The molecule has 0 radical (unpaired) electrons. The van der Waals surface area contributed by atoms with E-state index in [0.717, 1.165) is 0 Å². The fraction of sp³-hybridized carbons (Fsp3) is 0.278. The average molecular weight is 1580 g/mol. The summed E-state index contributed by atoms with van der Waals surface area (Å²) in [6, 6.07) is 16.7. The van der Waals surface area contributed by atoms with Crippen molar-refractivity contribution < 1.29 is 81.7 Å². The van der Waals surface area contributed by atoms with E-state index in [4.69, 9.17) is 34.9 Å². The van der Waals surface area contributed by atoms with Crippen LogP contribution in [0, 0.1) is 28.2 Å². The number of aromatic nitrogens is 6. The lowest BCUT2D eigenvalue weighted by Gasteiger charge is -2.13. The van der Waals surface area contributed by atoms with Gasteiger partial charge in [-0.05, 0) is 135 Å². The van der Waals surface area contributed by atoms with E-state index in [1.54, 1.807) is 50.8 Å². The second-order valence-corrected chi connectivity index (χ2v) is 21.4. The summed E-state index contributed by atoms with van der Waals surface area (Å²) >= 11 is 5.93. The Morgan fingerprint density at radius 3 is 1.37 bits per heavy atom. The number of anilines is 6. The summed E-state index contributed by atoms with van der Waals surface area (Å²) in [5, 5.41) is 51.1. The topological polar surface area (TPSA) is 393 Å². The lowest BCUT2D eigenvalue weighted by molar-refractivity contribution is 0.0163. The number of imidazole rings is 2. The highest BCUT2D eigenvalue weighted by atomic mass is 127. The molecule has 0 spiro atoms. The smallest absolute Gasteiger partial charge is 0.297 e. The average Bonchev–Trinajstić information content (AvgIpc) is 1.82. The molecule has 7 rings (SSSR count). The third kappa shape index (κ3) is 21.8. The van der Waals surface area contributed by atoms with Crippen molar-refractivity contribution in [1.82, 2.24) is 61.0 Å². The number of hydrogen-bond donors (Lipinski definition) is 14. The molecule has 29 nitrogen and oxygen atoms in total. The number of H-pyrrole nitrogens is 1. The quantitative estimate of drug-likeness (QED) is 0.0158. The van der Waals surface area contributed by atoms with Crippen LogP contribution in [0.5, 0.6) is 0 Å². The molecule has 0 unspecified atom stereocenters. The number of rotatable bonds is 26. The van der Waals surface area contributed by atoms with Gasteiger partial charge in [-0.2, -0.15) is 0 Å². The van der Waals surface area contributed by atoms with E-state index >= 15 is 0 Å². The lowest BCUT2D eigenvalue weighted by atomic mass is 10.2. The molecule has 3 aromatic carbocycles. The van der Waals surface area contributed by atoms with Crippen LogP contribution < -0.4 is 48.3 Å². The van der Waals surface area contributed by atoms with Crippen LogP contribution in [0.1, 0.15) is 80.3 Å². The van der Waals surface area contributed by atoms with Gasteiger partial charge in [-0.3, -0.25) is 48.1 Å². The number of halogens is 6. The van der Waals surface area contributed by atoms with Gasteiger partial charge in [0.25, 0.3) is 29.5 Å². The minimum absolute atomic E-state index is 0.0285. The Morgan fingerprint density at radius 1 is 0.551 bits per heavy atom. The molecule has 0 atom stereocenters. The van der Waals surface area contributed by atoms with E-state index in [9.17, 15) is 46.7 Å². The zero-order valence-corrected chi connectivity index (χ0v) is 54.7. The fourth-order valence-corrected chi connectivity index (χ4v) is 8.56. The molecule has 35 heteroatoms. The van der Waals surface area contributed by atoms with E-state index in [2.05, 4.69) is 63.3 Å². The number of hydroxylamine groups is 3. The molecule has 4 heterocycles. The molecule has 0 bridgehead atoms. The van der Waals surface area contributed by atoms with Crippen LogP contribution >= 0.6 is 67.8 Å². The zero-order valence-electron chi connectivity index (χ0n) is 48.2. The number of aliphatic hydroxyl groups is 4. The first kappa shape index (κ1) is 73.9. The van der Waals surface area contributed by atoms with Crippen molar-refractivity contribution in [3.05, 3.63) is 147 Å². The third-order valence-electron chi connectivity index (χ3n) is 11.4. The highest BCUT2D eigenvalue weighted by Gasteiger charge is 2.27. The van der Waals surface area contributed by atoms with E-state index in [1.807, 2.05) is 67.8 Å². The van der Waals surface area contributed by atoms with Gasteiger partial charge < -0.3 is 71.0 Å². The molecule has 0 fully saturated rings. The molecule has 7 aromatic rings. The normalized spacial score (nSPS) is 10.5. The first-order valence-corrected chi connectivity index (χ1v) is 29.2. The van der Waals surface area contributed by atoms with Crippen LogP contribution in [0.3, 0.4) is 0 Å². The van der Waals surface area contributed by atoms with Crippen LogP contribution in [-0.4, -0.2) is 164 Å². The van der Waals surface area contributed by atoms with Gasteiger partial charge in [0.05, 0.1) is 86.7 Å². The van der Waals surface area contributed by atoms with Crippen LogP contribution in [0.25, 0.3) is 0 Å². The Hall–Kier alpha value is -7.61. The number of ketones is 2. The maximum Gasteiger partial charge on any atom is 0.297 e. The molecule has 0 aliphatic carbocycles. The molecular weight excluding hydrogens is 1520 g/mol. The van der Waals surface area contributed by atoms with E-state index in [1.165, 1.54) is 84.2 Å². The molecule has 0 saturated carbocycles. The summed E-state index contributed by atoms with van der Waals surface area (Å²) in [5.41, 5.74) is 7.40. The Kier molecular flexibility index (Phi) is 31.0. The van der Waals surface area contributed by atoms with Gasteiger partial charge >= 0.3 is 0 Å². The number of nitrogens with zero attached hydrogens (tertiary/aromatic N) is 5. The second-order valence-electron chi connectivity index (χ2n) is 17.6. The van der Waals surface area contributed by atoms with Crippen molar-refractivity contribution in [2.75, 3.05) is 89.4 Å². The number of amides is 5. The van der Waals surface area contributed by atoms with Gasteiger partial charge in [-0.1, -0.05) is 0 Å². The van der Waals surface area contributed by atoms with Gasteiger partial charge in [0.1, 0.15) is 34.9 Å². The Bertz CT molecular complexity index is 3570. The number of hydrogen-bond acceptors (Lipinski definition) is 20. The predicted molar refractivity (Wildman–Crippen MR) is 342 cm³/mol. The summed E-state index contributed by atoms with van der Waals surface area (Å²) in [6.45, 7) is 0.220. The Labute approximate surface area is 546 Å². The molecule has 4 aromatic heterocycles.